The number of carbonyl (C=O) groups excluding carboxylic acids is 1. The van der Waals surface area contributed by atoms with Crippen LogP contribution in [0.25, 0.3) is 0 Å². The Morgan fingerprint density at radius 1 is 1.50 bits per heavy atom. The fraction of sp³-hybridized carbons (Fsp3) is 0.500. The molecule has 2 nitrogen and oxygen atoms in total. The molecule has 6 heteroatoms. The Balaban J connectivity index is 3.43. The molecule has 0 aliphatic carbocycles. The predicted molar refractivity (Wildman–Crippen MR) is 53.6 cm³/mol. The van der Waals surface area contributed by atoms with E-state index >= 15 is 0 Å². The highest BCUT2D eigenvalue weighted by molar-refractivity contribution is 7.64. The molecule has 0 radical (unpaired) electrons. The Morgan fingerprint density at radius 2 is 2.08 bits per heavy atom. The van der Waals surface area contributed by atoms with E-state index in [1.54, 1.807) is 0 Å². The molecular weight excluding hydrogens is 239 g/mol. The Bertz CT molecular complexity index is 167. The Morgan fingerprint density at radius 3 is 2.50 bits per heavy atom. The minimum Gasteiger partial charge on any atom is -0.435 e. The number of ether oxygens (including phenoxy) is 1. The molecule has 0 atom stereocenters. The van der Waals surface area contributed by atoms with Gasteiger partial charge in [-0.2, -0.15) is 0 Å². The summed E-state index contributed by atoms with van der Waals surface area (Å²) in [4.78, 5) is 10.7. The minimum atomic E-state index is -2.56. The molecule has 0 N–H and O–H groups in total. The first kappa shape index (κ1) is 12.3. The molecule has 70 valence electrons. The van der Waals surface area contributed by atoms with Crippen molar-refractivity contribution in [2.24, 2.45) is 0 Å². The van der Waals surface area contributed by atoms with Gasteiger partial charge in [0, 0.05) is 6.42 Å². The fourth-order valence-electron chi connectivity index (χ4n) is 0.585. The van der Waals surface area contributed by atoms with Crippen LogP contribution in [0.1, 0.15) is 12.8 Å². The van der Waals surface area contributed by atoms with Gasteiger partial charge in [0.2, 0.25) is 0 Å². The quantitative estimate of drug-likeness (QED) is 0.323. The first-order valence-electron chi connectivity index (χ1n) is 3.33. The van der Waals surface area contributed by atoms with Crippen molar-refractivity contribution in [1.29, 1.82) is 0 Å². The van der Waals surface area contributed by atoms with Crippen molar-refractivity contribution in [3.8, 4) is 0 Å². The maximum atomic E-state index is 10.7. The van der Waals surface area contributed by atoms with Crippen LogP contribution >= 0.6 is 33.2 Å². The third kappa shape index (κ3) is 8.39. The van der Waals surface area contributed by atoms with Gasteiger partial charge in [0.15, 0.2) is 0 Å². The SMILES string of the molecule is C=COC(=O)CCC[Si](Cl)(Cl)Cl. The third-order valence-electron chi connectivity index (χ3n) is 1.06. The van der Waals surface area contributed by atoms with E-state index in [-0.39, 0.29) is 12.4 Å². The van der Waals surface area contributed by atoms with Crippen LogP contribution in [-0.2, 0) is 9.53 Å². The highest BCUT2D eigenvalue weighted by atomic mass is 35.8. The van der Waals surface area contributed by atoms with Crippen molar-refractivity contribution >= 4 is 45.2 Å². The second kappa shape index (κ2) is 5.86. The lowest BCUT2D eigenvalue weighted by Gasteiger charge is -2.05. The van der Waals surface area contributed by atoms with Crippen LogP contribution in [0.5, 0.6) is 0 Å². The molecule has 12 heavy (non-hydrogen) atoms. The highest BCUT2D eigenvalue weighted by Crippen LogP contribution is 2.27. The van der Waals surface area contributed by atoms with Crippen molar-refractivity contribution in [3.63, 3.8) is 0 Å². The molecule has 0 unspecified atom stereocenters. The summed E-state index contributed by atoms with van der Waals surface area (Å²) in [6.45, 7) is 3.24. The zero-order valence-corrected chi connectivity index (χ0v) is 9.62. The van der Waals surface area contributed by atoms with E-state index in [1.165, 1.54) is 0 Å². The van der Waals surface area contributed by atoms with Crippen LogP contribution in [0, 0.1) is 0 Å². The van der Waals surface area contributed by atoms with Gasteiger partial charge >= 0.3 is 12.0 Å². The van der Waals surface area contributed by atoms with Crippen LogP contribution in [0.3, 0.4) is 0 Å². The maximum absolute atomic E-state index is 10.7. The van der Waals surface area contributed by atoms with Gasteiger partial charge in [-0.05, 0) is 12.5 Å². The summed E-state index contributed by atoms with van der Waals surface area (Å²) in [6.07, 6.45) is 1.91. The summed E-state index contributed by atoms with van der Waals surface area (Å²) in [5, 5.41) is 0. The summed E-state index contributed by atoms with van der Waals surface area (Å²) >= 11 is 16.8. The smallest absolute Gasteiger partial charge is 0.341 e. The number of rotatable bonds is 5. The second-order valence-corrected chi connectivity index (χ2v) is 11.4. The Labute approximate surface area is 86.6 Å². The summed E-state index contributed by atoms with van der Waals surface area (Å²) < 4.78 is 4.47. The zero-order valence-electron chi connectivity index (χ0n) is 6.36. The summed E-state index contributed by atoms with van der Waals surface area (Å²) in [6, 6.07) is -2.09. The predicted octanol–water partition coefficient (Wildman–Crippen LogP) is 3.11. The molecule has 0 aromatic carbocycles. The van der Waals surface area contributed by atoms with E-state index in [4.69, 9.17) is 33.2 Å². The van der Waals surface area contributed by atoms with E-state index in [0.717, 1.165) is 6.26 Å². The molecule has 0 aromatic heterocycles. The van der Waals surface area contributed by atoms with Gasteiger partial charge in [-0.1, -0.05) is 6.58 Å². The van der Waals surface area contributed by atoms with Crippen molar-refractivity contribution < 1.29 is 9.53 Å². The molecule has 0 aromatic rings. The number of carbonyl (C=O) groups is 1. The molecule has 0 saturated heterocycles. The standard InChI is InChI=1S/C6H9Cl3O2Si/c1-2-11-6(10)4-3-5-12(7,8)9/h2H,1,3-5H2. The average Bonchev–Trinajstić information content (AvgIpc) is 1.84. The summed E-state index contributed by atoms with van der Waals surface area (Å²) in [5.41, 5.74) is 0. The number of halogens is 3. The Kier molecular flexibility index (Phi) is 6.00. The van der Waals surface area contributed by atoms with Crippen LogP contribution < -0.4 is 0 Å². The van der Waals surface area contributed by atoms with Crippen LogP contribution in [0.4, 0.5) is 0 Å². The van der Waals surface area contributed by atoms with Crippen LogP contribution in [0.15, 0.2) is 12.8 Å². The topological polar surface area (TPSA) is 26.3 Å². The van der Waals surface area contributed by atoms with Gasteiger partial charge in [-0.3, -0.25) is 4.79 Å². The molecule has 0 amide bonds. The first-order chi connectivity index (χ1) is 5.45. The largest absolute Gasteiger partial charge is 0.435 e. The van der Waals surface area contributed by atoms with Crippen molar-refractivity contribution in [3.05, 3.63) is 12.8 Å². The lowest BCUT2D eigenvalue weighted by Crippen LogP contribution is -2.09. The number of hydrogen-bond acceptors (Lipinski definition) is 2. The van der Waals surface area contributed by atoms with E-state index in [1.807, 2.05) is 0 Å². The Hall–Kier alpha value is 0.297. The minimum absolute atomic E-state index is 0.271. The van der Waals surface area contributed by atoms with Gasteiger partial charge < -0.3 is 4.74 Å². The van der Waals surface area contributed by atoms with E-state index in [0.29, 0.717) is 12.5 Å². The van der Waals surface area contributed by atoms with Crippen molar-refractivity contribution in [1.82, 2.24) is 0 Å². The monoisotopic (exact) mass is 246 g/mol. The van der Waals surface area contributed by atoms with Gasteiger partial charge in [-0.15, -0.1) is 33.2 Å². The van der Waals surface area contributed by atoms with E-state index < -0.39 is 6.00 Å². The van der Waals surface area contributed by atoms with Gasteiger partial charge in [0.05, 0.1) is 6.26 Å². The first-order valence-corrected chi connectivity index (χ1v) is 8.57. The van der Waals surface area contributed by atoms with Crippen LogP contribution in [0.2, 0.25) is 6.04 Å². The molecule has 0 saturated carbocycles. The lowest BCUT2D eigenvalue weighted by atomic mass is 10.3. The molecule has 0 rings (SSSR count). The average molecular weight is 248 g/mol. The zero-order chi connectivity index (χ0) is 9.61. The van der Waals surface area contributed by atoms with Gasteiger partial charge in [-0.25, -0.2) is 0 Å². The molecular formula is C6H9Cl3O2Si. The van der Waals surface area contributed by atoms with Gasteiger partial charge in [0.1, 0.15) is 0 Å². The second-order valence-electron chi connectivity index (χ2n) is 2.13. The normalized spacial score (nSPS) is 10.9. The maximum Gasteiger partial charge on any atom is 0.341 e. The summed E-state index contributed by atoms with van der Waals surface area (Å²) in [7, 11) is 0. The molecule has 0 aliphatic rings. The van der Waals surface area contributed by atoms with E-state index in [2.05, 4.69) is 11.3 Å². The molecule has 0 bridgehead atoms. The van der Waals surface area contributed by atoms with Crippen LogP contribution in [-0.4, -0.2) is 12.0 Å². The fourth-order valence-corrected chi connectivity index (χ4v) is 2.37. The summed E-state index contributed by atoms with van der Waals surface area (Å²) in [5.74, 6) is -0.340. The van der Waals surface area contributed by atoms with Crippen molar-refractivity contribution in [2.75, 3.05) is 0 Å². The molecule has 0 heterocycles. The highest BCUT2D eigenvalue weighted by Gasteiger charge is 2.24. The van der Waals surface area contributed by atoms with Crippen molar-refractivity contribution in [2.45, 2.75) is 18.9 Å². The molecule has 0 fully saturated rings. The number of esters is 1. The number of hydrogen-bond donors (Lipinski definition) is 0. The lowest BCUT2D eigenvalue weighted by molar-refractivity contribution is -0.137. The third-order valence-corrected chi connectivity index (χ3v) is 3.68. The van der Waals surface area contributed by atoms with E-state index in [9.17, 15) is 4.79 Å². The van der Waals surface area contributed by atoms with Gasteiger partial charge in [0.25, 0.3) is 0 Å². The molecule has 0 spiro atoms. The molecule has 0 aliphatic heterocycles.